The summed E-state index contributed by atoms with van der Waals surface area (Å²) in [5.41, 5.74) is -1.70. The molecule has 0 spiro atoms. The van der Waals surface area contributed by atoms with Crippen molar-refractivity contribution in [3.63, 3.8) is 0 Å². The maximum Gasteiger partial charge on any atom is 0.348 e. The lowest BCUT2D eigenvalue weighted by Gasteiger charge is -2.36. The summed E-state index contributed by atoms with van der Waals surface area (Å²) in [6.07, 6.45) is -6.42. The normalized spacial score (nSPS) is 26.8. The molecular formula is C28H27F5N2O9. The van der Waals surface area contributed by atoms with Crippen LogP contribution in [0.15, 0.2) is 24.3 Å². The van der Waals surface area contributed by atoms with Crippen LogP contribution in [0.2, 0.25) is 0 Å². The van der Waals surface area contributed by atoms with Crippen LogP contribution in [0.4, 0.5) is 22.0 Å². The van der Waals surface area contributed by atoms with Crippen molar-refractivity contribution in [2.45, 2.75) is 50.7 Å². The van der Waals surface area contributed by atoms with Crippen LogP contribution in [-0.4, -0.2) is 77.6 Å². The van der Waals surface area contributed by atoms with E-state index in [0.717, 1.165) is 6.92 Å². The molecule has 0 aliphatic carbocycles. The molecule has 238 valence electrons. The van der Waals surface area contributed by atoms with Crippen molar-refractivity contribution >= 4 is 23.8 Å². The van der Waals surface area contributed by atoms with Gasteiger partial charge in [0.2, 0.25) is 17.8 Å². The first-order valence-electron chi connectivity index (χ1n) is 13.3. The summed E-state index contributed by atoms with van der Waals surface area (Å²) in [7, 11) is 0. The van der Waals surface area contributed by atoms with Gasteiger partial charge in [-0.1, -0.05) is 12.1 Å². The molecule has 6 atom stereocenters. The van der Waals surface area contributed by atoms with Crippen molar-refractivity contribution in [3.8, 4) is 5.75 Å². The summed E-state index contributed by atoms with van der Waals surface area (Å²) >= 11 is 0. The third kappa shape index (κ3) is 6.45. The molecule has 2 saturated heterocycles. The van der Waals surface area contributed by atoms with Gasteiger partial charge >= 0.3 is 11.9 Å². The molecule has 44 heavy (non-hydrogen) atoms. The van der Waals surface area contributed by atoms with E-state index >= 15 is 0 Å². The van der Waals surface area contributed by atoms with Gasteiger partial charge in [-0.2, -0.15) is 0 Å². The van der Waals surface area contributed by atoms with Crippen molar-refractivity contribution in [2.75, 3.05) is 13.2 Å². The summed E-state index contributed by atoms with van der Waals surface area (Å²) in [5, 5.41) is 25.6. The fraction of sp³-hybridized carbons (Fsp3) is 0.429. The van der Waals surface area contributed by atoms with E-state index in [0.29, 0.717) is 0 Å². The van der Waals surface area contributed by atoms with E-state index < -0.39 is 113 Å². The number of halogens is 5. The van der Waals surface area contributed by atoms with Crippen LogP contribution >= 0.6 is 0 Å². The van der Waals surface area contributed by atoms with Crippen LogP contribution < -0.4 is 10.6 Å². The van der Waals surface area contributed by atoms with Crippen LogP contribution in [0.3, 0.4) is 0 Å². The Morgan fingerprint density at radius 2 is 1.52 bits per heavy atom. The second-order valence-electron chi connectivity index (χ2n) is 10.4. The number of aliphatic hydroxyl groups excluding tert-OH is 1. The Labute approximate surface area is 246 Å². The number of rotatable bonds is 5. The monoisotopic (exact) mass is 630 g/mol. The maximum absolute atomic E-state index is 14.6. The van der Waals surface area contributed by atoms with E-state index in [1.165, 1.54) is 31.2 Å². The molecule has 2 aliphatic heterocycles. The number of hydrogen-bond acceptors (Lipinski definition) is 9. The lowest BCUT2D eigenvalue weighted by atomic mass is 9.91. The summed E-state index contributed by atoms with van der Waals surface area (Å²) < 4.78 is 86.5. The summed E-state index contributed by atoms with van der Waals surface area (Å²) in [5.74, 6) is -18.9. The Morgan fingerprint density at radius 3 is 2.09 bits per heavy atom. The number of cyclic esters (lactones) is 2. The fourth-order valence-corrected chi connectivity index (χ4v) is 4.66. The van der Waals surface area contributed by atoms with E-state index in [-0.39, 0.29) is 18.8 Å². The van der Waals surface area contributed by atoms with Crippen LogP contribution in [0.1, 0.15) is 29.8 Å². The molecular weight excluding hydrogens is 603 g/mol. The highest BCUT2D eigenvalue weighted by molar-refractivity contribution is 6.00. The van der Waals surface area contributed by atoms with E-state index in [9.17, 15) is 51.3 Å². The molecule has 11 nitrogen and oxygen atoms in total. The molecule has 2 fully saturated rings. The number of amides is 2. The Morgan fingerprint density at radius 1 is 0.932 bits per heavy atom. The molecule has 0 bridgehead atoms. The first kappa shape index (κ1) is 32.6. The van der Waals surface area contributed by atoms with Gasteiger partial charge in [-0.05, 0) is 26.0 Å². The van der Waals surface area contributed by atoms with Gasteiger partial charge < -0.3 is 35.1 Å². The highest BCUT2D eigenvalue weighted by Crippen LogP contribution is 2.27. The number of esters is 2. The zero-order chi connectivity index (χ0) is 32.5. The Hall–Kier alpha value is -4.31. The van der Waals surface area contributed by atoms with Gasteiger partial charge in [-0.15, -0.1) is 0 Å². The molecule has 2 aliphatic rings. The van der Waals surface area contributed by atoms with Gasteiger partial charge in [-0.25, -0.2) is 26.7 Å². The van der Waals surface area contributed by atoms with Crippen molar-refractivity contribution in [1.82, 2.24) is 10.6 Å². The van der Waals surface area contributed by atoms with E-state index in [2.05, 4.69) is 10.6 Å². The topological polar surface area (TPSA) is 160 Å². The predicted molar refractivity (Wildman–Crippen MR) is 136 cm³/mol. The second kappa shape index (κ2) is 13.1. The highest BCUT2D eigenvalue weighted by atomic mass is 19.2. The maximum atomic E-state index is 14.6. The van der Waals surface area contributed by atoms with Crippen LogP contribution in [0.5, 0.6) is 5.75 Å². The molecule has 2 aromatic carbocycles. The van der Waals surface area contributed by atoms with E-state index in [4.69, 9.17) is 14.2 Å². The first-order chi connectivity index (χ1) is 20.7. The minimum Gasteiger partial charge on any atom is -0.507 e. The summed E-state index contributed by atoms with van der Waals surface area (Å²) in [6.45, 7) is 2.22. The molecule has 4 N–H and O–H groups in total. The number of nitrogens with one attached hydrogen (secondary N) is 2. The lowest BCUT2D eigenvalue weighted by Crippen LogP contribution is -2.60. The molecule has 2 amide bonds. The van der Waals surface area contributed by atoms with E-state index in [1.54, 1.807) is 0 Å². The zero-order valence-corrected chi connectivity index (χ0v) is 23.1. The fourth-order valence-electron chi connectivity index (χ4n) is 4.66. The predicted octanol–water partition coefficient (Wildman–Crippen LogP) is 1.41. The lowest BCUT2D eigenvalue weighted by molar-refractivity contribution is -0.192. The van der Waals surface area contributed by atoms with Crippen LogP contribution in [0.25, 0.3) is 0 Å². The van der Waals surface area contributed by atoms with Crippen molar-refractivity contribution in [2.24, 2.45) is 11.8 Å². The summed E-state index contributed by atoms with van der Waals surface area (Å²) in [4.78, 5) is 52.5. The van der Waals surface area contributed by atoms with Crippen molar-refractivity contribution in [1.29, 1.82) is 0 Å². The molecule has 0 radical (unpaired) electrons. The van der Waals surface area contributed by atoms with Gasteiger partial charge in [0.15, 0.2) is 23.3 Å². The minimum absolute atomic E-state index is 0.0187. The number of para-hydroxylation sites is 1. The molecule has 0 saturated carbocycles. The molecule has 2 heterocycles. The number of benzene rings is 2. The smallest absolute Gasteiger partial charge is 0.348 e. The number of carbonyl (C=O) groups excluding carboxylic acids is 4. The highest BCUT2D eigenvalue weighted by Gasteiger charge is 2.44. The van der Waals surface area contributed by atoms with Gasteiger partial charge in [0.1, 0.15) is 17.9 Å². The zero-order valence-electron chi connectivity index (χ0n) is 23.1. The largest absolute Gasteiger partial charge is 0.507 e. The molecule has 0 aromatic heterocycles. The third-order valence-electron chi connectivity index (χ3n) is 7.41. The van der Waals surface area contributed by atoms with Gasteiger partial charge in [0, 0.05) is 12.0 Å². The van der Waals surface area contributed by atoms with Crippen molar-refractivity contribution < 1.29 is 65.6 Å². The van der Waals surface area contributed by atoms with Crippen LogP contribution in [0, 0.1) is 40.9 Å². The van der Waals surface area contributed by atoms with Gasteiger partial charge in [0.25, 0.3) is 5.91 Å². The Bertz CT molecular complexity index is 1440. The molecule has 1 unspecified atom stereocenters. The van der Waals surface area contributed by atoms with Gasteiger partial charge in [0.05, 0.1) is 42.8 Å². The number of phenols is 1. The van der Waals surface area contributed by atoms with Crippen molar-refractivity contribution in [3.05, 3.63) is 64.5 Å². The number of carbonyl (C=O) groups is 4. The second-order valence-corrected chi connectivity index (χ2v) is 10.4. The Balaban J connectivity index is 1.75. The SMILES string of the molecule is C[C@H]1OC(=O)C(C2COC2)OC(=O)[C@H](C)[C@H](O)[C@H](Cc2c(F)c(F)c(F)c(F)c2F)NC(=O)[C@H]1NC(=O)c1ccccc1O. The van der Waals surface area contributed by atoms with Gasteiger partial charge in [-0.3, -0.25) is 14.4 Å². The molecule has 2 aromatic rings. The number of aliphatic hydroxyl groups is 1. The number of ether oxygens (including phenoxy) is 3. The molecule has 16 heteroatoms. The summed E-state index contributed by atoms with van der Waals surface area (Å²) in [6, 6.07) is 1.46. The standard InChI is InChI=1S/C28H27F5N2O9/c1-10-23(37)15(7-14-17(29)19(31)21(33)20(32)18(14)30)34-26(39)22(35-25(38)13-5-3-4-6-16(13)36)11(2)43-28(41)24(44-27(10)40)12-8-42-9-12/h3-6,10-12,15,22-24,36-37H,7-9H2,1-2H3,(H,34,39)(H,35,38)/t10-,11-,15+,22+,23+,24?/m1/s1. The molecule has 4 rings (SSSR count). The first-order valence-corrected chi connectivity index (χ1v) is 13.3. The average molecular weight is 631 g/mol. The quantitative estimate of drug-likeness (QED) is 0.166. The number of phenolic OH excluding ortho intramolecular Hbond substituents is 1. The third-order valence-corrected chi connectivity index (χ3v) is 7.41. The van der Waals surface area contributed by atoms with Crippen LogP contribution in [-0.2, 0) is 35.0 Å². The Kier molecular flexibility index (Phi) is 9.73. The minimum atomic E-state index is -2.43. The van der Waals surface area contributed by atoms with E-state index in [1.807, 2.05) is 0 Å². The average Bonchev–Trinajstić information content (AvgIpc) is 2.96. The number of aromatic hydroxyl groups is 1. The number of hydrogen-bond donors (Lipinski definition) is 4.